The molecule has 0 aliphatic heterocycles. The van der Waals surface area contributed by atoms with Crippen LogP contribution in [0.2, 0.25) is 0 Å². The van der Waals surface area contributed by atoms with Crippen LogP contribution in [0.1, 0.15) is 5.56 Å². The minimum Gasteiger partial charge on any atom is -0.494 e. The Morgan fingerprint density at radius 3 is 2.64 bits per heavy atom. The minimum absolute atomic E-state index is 0. The maximum absolute atomic E-state index is 13.1. The normalized spacial score (nSPS) is 9.36. The van der Waals surface area contributed by atoms with Gasteiger partial charge in [0.05, 0.1) is 7.11 Å². The Kier molecular flexibility index (Phi) is 6.25. The van der Waals surface area contributed by atoms with Gasteiger partial charge in [-0.3, -0.25) is 0 Å². The van der Waals surface area contributed by atoms with Gasteiger partial charge >= 0.3 is 0 Å². The molecule has 0 saturated heterocycles. The Hall–Kier alpha value is -0.800. The second kappa shape index (κ2) is 6.62. The van der Waals surface area contributed by atoms with E-state index in [0.717, 1.165) is 18.5 Å². The van der Waals surface area contributed by atoms with Crippen LogP contribution >= 0.6 is 12.4 Å². The Bertz CT molecular complexity index is 281. The quantitative estimate of drug-likeness (QED) is 0.837. The number of methoxy groups -OCH3 is 1. The minimum atomic E-state index is -0.295. The van der Waals surface area contributed by atoms with Gasteiger partial charge in [0.25, 0.3) is 0 Å². The Balaban J connectivity index is 0.00000169. The first-order valence-corrected chi connectivity index (χ1v) is 4.25. The molecule has 0 saturated carbocycles. The lowest BCUT2D eigenvalue weighted by Crippen LogP contribution is -2.10. The molecule has 1 rings (SSSR count). The van der Waals surface area contributed by atoms with Gasteiger partial charge in [-0.1, -0.05) is 6.07 Å². The van der Waals surface area contributed by atoms with E-state index in [1.165, 1.54) is 13.2 Å². The molecule has 0 atom stereocenters. The summed E-state index contributed by atoms with van der Waals surface area (Å²) in [4.78, 5) is 0. The van der Waals surface area contributed by atoms with Gasteiger partial charge in [0, 0.05) is 0 Å². The first kappa shape index (κ1) is 13.2. The number of likely N-dealkylation sites (N-methyl/N-ethyl adjacent to an activating group) is 1. The van der Waals surface area contributed by atoms with Crippen LogP contribution < -0.4 is 10.1 Å². The fourth-order valence-electron chi connectivity index (χ4n) is 1.13. The van der Waals surface area contributed by atoms with Gasteiger partial charge in [0.15, 0.2) is 11.6 Å². The number of nitrogens with one attached hydrogen (secondary N) is 1. The predicted molar refractivity (Wildman–Crippen MR) is 57.8 cm³/mol. The predicted octanol–water partition coefficient (Wildman–Crippen LogP) is 2.02. The fraction of sp³-hybridized carbons (Fsp3) is 0.400. The average Bonchev–Trinajstić information content (AvgIpc) is 2.15. The lowest BCUT2D eigenvalue weighted by Gasteiger charge is -2.04. The van der Waals surface area contributed by atoms with Crippen molar-refractivity contribution in [2.24, 2.45) is 0 Å². The number of ether oxygens (including phenoxy) is 1. The summed E-state index contributed by atoms with van der Waals surface area (Å²) in [6.07, 6.45) is 0.831. The molecule has 0 bridgehead atoms. The molecular weight excluding hydrogens is 205 g/mol. The van der Waals surface area contributed by atoms with Crippen molar-refractivity contribution in [1.29, 1.82) is 0 Å². The molecular formula is C10H15ClFNO. The summed E-state index contributed by atoms with van der Waals surface area (Å²) in [5.74, 6) is 0.00399. The van der Waals surface area contributed by atoms with E-state index in [9.17, 15) is 4.39 Å². The van der Waals surface area contributed by atoms with E-state index in [0.29, 0.717) is 5.75 Å². The van der Waals surface area contributed by atoms with Crippen LogP contribution in [0.5, 0.6) is 5.75 Å². The highest BCUT2D eigenvalue weighted by Gasteiger charge is 2.02. The Morgan fingerprint density at radius 1 is 1.43 bits per heavy atom. The van der Waals surface area contributed by atoms with Crippen molar-refractivity contribution in [3.63, 3.8) is 0 Å². The zero-order valence-corrected chi connectivity index (χ0v) is 9.16. The summed E-state index contributed by atoms with van der Waals surface area (Å²) in [6, 6.07) is 5.04. The van der Waals surface area contributed by atoms with E-state index in [4.69, 9.17) is 4.74 Å². The summed E-state index contributed by atoms with van der Waals surface area (Å²) in [5.41, 5.74) is 0.979. The number of halogens is 2. The van der Waals surface area contributed by atoms with Crippen LogP contribution in [0, 0.1) is 5.82 Å². The Labute approximate surface area is 89.9 Å². The topological polar surface area (TPSA) is 21.3 Å². The highest BCUT2D eigenvalue weighted by atomic mass is 35.5. The first-order chi connectivity index (χ1) is 6.27. The van der Waals surface area contributed by atoms with Gasteiger partial charge < -0.3 is 10.1 Å². The van der Waals surface area contributed by atoms with E-state index in [1.807, 2.05) is 13.1 Å². The van der Waals surface area contributed by atoms with Gasteiger partial charge in [-0.05, 0) is 37.7 Å². The van der Waals surface area contributed by atoms with Crippen LogP contribution in [0.15, 0.2) is 18.2 Å². The van der Waals surface area contributed by atoms with Crippen LogP contribution in [-0.2, 0) is 6.42 Å². The zero-order valence-electron chi connectivity index (χ0n) is 8.34. The summed E-state index contributed by atoms with van der Waals surface area (Å²) < 4.78 is 17.9. The molecule has 0 radical (unpaired) electrons. The van der Waals surface area contributed by atoms with Crippen molar-refractivity contribution < 1.29 is 9.13 Å². The molecule has 0 aliphatic rings. The molecule has 4 heteroatoms. The third-order valence-corrected chi connectivity index (χ3v) is 1.88. The SMILES string of the molecule is CNCCc1ccc(OC)c(F)c1.Cl. The van der Waals surface area contributed by atoms with Crippen LogP contribution in [-0.4, -0.2) is 20.7 Å². The van der Waals surface area contributed by atoms with E-state index in [-0.39, 0.29) is 18.2 Å². The van der Waals surface area contributed by atoms with E-state index >= 15 is 0 Å². The smallest absolute Gasteiger partial charge is 0.165 e. The first-order valence-electron chi connectivity index (χ1n) is 4.25. The number of hydrogen-bond acceptors (Lipinski definition) is 2. The summed E-state index contributed by atoms with van der Waals surface area (Å²) in [5, 5.41) is 3.01. The molecule has 1 aromatic rings. The third-order valence-electron chi connectivity index (χ3n) is 1.88. The summed E-state index contributed by atoms with van der Waals surface area (Å²) >= 11 is 0. The van der Waals surface area contributed by atoms with Crippen molar-refractivity contribution >= 4 is 12.4 Å². The molecule has 0 fully saturated rings. The van der Waals surface area contributed by atoms with Crippen molar-refractivity contribution in [2.75, 3.05) is 20.7 Å². The van der Waals surface area contributed by atoms with Gasteiger partial charge in [0.2, 0.25) is 0 Å². The van der Waals surface area contributed by atoms with Crippen molar-refractivity contribution in [3.8, 4) is 5.75 Å². The molecule has 0 spiro atoms. The third kappa shape index (κ3) is 3.52. The molecule has 0 amide bonds. The molecule has 14 heavy (non-hydrogen) atoms. The second-order valence-corrected chi connectivity index (χ2v) is 2.82. The maximum atomic E-state index is 13.1. The Morgan fingerprint density at radius 2 is 2.14 bits per heavy atom. The fourth-order valence-corrected chi connectivity index (χ4v) is 1.13. The molecule has 2 nitrogen and oxygen atoms in total. The van der Waals surface area contributed by atoms with E-state index < -0.39 is 0 Å². The number of rotatable bonds is 4. The van der Waals surface area contributed by atoms with E-state index in [1.54, 1.807) is 6.07 Å². The van der Waals surface area contributed by atoms with Crippen LogP contribution in [0.3, 0.4) is 0 Å². The molecule has 0 aliphatic carbocycles. The molecule has 1 N–H and O–H groups in total. The molecule has 1 aromatic carbocycles. The summed E-state index contributed by atoms with van der Waals surface area (Å²) in [7, 11) is 3.34. The number of hydrogen-bond donors (Lipinski definition) is 1. The van der Waals surface area contributed by atoms with Crippen molar-refractivity contribution in [2.45, 2.75) is 6.42 Å². The number of benzene rings is 1. The van der Waals surface area contributed by atoms with Crippen molar-refractivity contribution in [3.05, 3.63) is 29.6 Å². The lowest BCUT2D eigenvalue weighted by atomic mass is 10.1. The average molecular weight is 220 g/mol. The van der Waals surface area contributed by atoms with E-state index in [2.05, 4.69) is 5.32 Å². The van der Waals surface area contributed by atoms with Crippen LogP contribution in [0.4, 0.5) is 4.39 Å². The van der Waals surface area contributed by atoms with Crippen molar-refractivity contribution in [1.82, 2.24) is 5.32 Å². The van der Waals surface area contributed by atoms with Gasteiger partial charge in [0.1, 0.15) is 0 Å². The maximum Gasteiger partial charge on any atom is 0.165 e. The molecule has 0 heterocycles. The summed E-state index contributed by atoms with van der Waals surface area (Å²) in [6.45, 7) is 0.853. The zero-order chi connectivity index (χ0) is 9.68. The molecule has 0 aromatic heterocycles. The highest BCUT2D eigenvalue weighted by molar-refractivity contribution is 5.85. The van der Waals surface area contributed by atoms with Gasteiger partial charge in [-0.25, -0.2) is 4.39 Å². The largest absolute Gasteiger partial charge is 0.494 e. The highest BCUT2D eigenvalue weighted by Crippen LogP contribution is 2.17. The van der Waals surface area contributed by atoms with Gasteiger partial charge in [-0.2, -0.15) is 0 Å². The monoisotopic (exact) mass is 219 g/mol. The lowest BCUT2D eigenvalue weighted by molar-refractivity contribution is 0.386. The van der Waals surface area contributed by atoms with Crippen LogP contribution in [0.25, 0.3) is 0 Å². The van der Waals surface area contributed by atoms with Gasteiger partial charge in [-0.15, -0.1) is 12.4 Å². The molecule has 80 valence electrons. The standard InChI is InChI=1S/C10H14FNO.ClH/c1-12-6-5-8-3-4-10(13-2)9(11)7-8;/h3-4,7,12H,5-6H2,1-2H3;1H. The molecule has 0 unspecified atom stereocenters. The second-order valence-electron chi connectivity index (χ2n) is 2.82.